The molecule has 7 heteroatoms. The van der Waals surface area contributed by atoms with Crippen LogP contribution in [0, 0.1) is 6.92 Å². The molecule has 3 heterocycles. The van der Waals surface area contributed by atoms with Gasteiger partial charge in [0.1, 0.15) is 11.1 Å². The first-order valence-electron chi connectivity index (χ1n) is 14.2. The Bertz CT molecular complexity index is 1820. The van der Waals surface area contributed by atoms with Crippen molar-refractivity contribution < 1.29 is 9.53 Å². The molecule has 0 saturated carbocycles. The van der Waals surface area contributed by atoms with E-state index in [4.69, 9.17) is 26.3 Å². The van der Waals surface area contributed by atoms with Gasteiger partial charge < -0.3 is 9.64 Å². The fourth-order valence-electron chi connectivity index (χ4n) is 5.72. The summed E-state index contributed by atoms with van der Waals surface area (Å²) in [6, 6.07) is 20.6. The van der Waals surface area contributed by atoms with Crippen molar-refractivity contribution in [2.75, 3.05) is 18.5 Å². The maximum atomic E-state index is 13.1. The summed E-state index contributed by atoms with van der Waals surface area (Å²) in [4.78, 5) is 25.2. The minimum atomic E-state index is -0.711. The zero-order valence-corrected chi connectivity index (χ0v) is 26.4. The van der Waals surface area contributed by atoms with Crippen molar-refractivity contribution in [2.45, 2.75) is 52.7 Å². The van der Waals surface area contributed by atoms with E-state index in [0.717, 1.165) is 67.3 Å². The molecule has 0 N–H and O–H groups in total. The number of ketones is 1. The summed E-state index contributed by atoms with van der Waals surface area (Å²) in [6.45, 7) is 10.6. The van der Waals surface area contributed by atoms with E-state index < -0.39 is 11.7 Å². The molecule has 42 heavy (non-hydrogen) atoms. The quantitative estimate of drug-likeness (QED) is 0.196. The van der Waals surface area contributed by atoms with Crippen molar-refractivity contribution in [1.82, 2.24) is 9.97 Å². The van der Waals surface area contributed by atoms with E-state index >= 15 is 0 Å². The smallest absolute Gasteiger partial charge is 0.163 e. The van der Waals surface area contributed by atoms with Crippen LogP contribution in [-0.2, 0) is 16.0 Å². The Kier molecular flexibility index (Phi) is 7.42. The van der Waals surface area contributed by atoms with Crippen molar-refractivity contribution in [2.24, 2.45) is 0 Å². The molecule has 0 unspecified atom stereocenters. The number of thiazole rings is 1. The average Bonchev–Trinajstić information content (AvgIpc) is 3.54. The highest BCUT2D eigenvalue weighted by molar-refractivity contribution is 7.22. The summed E-state index contributed by atoms with van der Waals surface area (Å²) in [5.74, 6) is -0.0355. The van der Waals surface area contributed by atoms with Gasteiger partial charge in [-0.05, 0) is 100 Å². The topological polar surface area (TPSA) is 55.3 Å². The van der Waals surface area contributed by atoms with E-state index in [1.54, 1.807) is 18.3 Å². The van der Waals surface area contributed by atoms with Gasteiger partial charge in [0, 0.05) is 52.8 Å². The third-order valence-electron chi connectivity index (χ3n) is 7.67. The van der Waals surface area contributed by atoms with Crippen LogP contribution in [0.3, 0.4) is 0 Å². The predicted molar refractivity (Wildman–Crippen MR) is 175 cm³/mol. The third-order valence-corrected chi connectivity index (χ3v) is 9.06. The van der Waals surface area contributed by atoms with E-state index in [0.29, 0.717) is 5.02 Å². The van der Waals surface area contributed by atoms with Gasteiger partial charge in [-0.2, -0.15) is 0 Å². The van der Waals surface area contributed by atoms with Gasteiger partial charge in [0.2, 0.25) is 0 Å². The molecule has 0 amide bonds. The van der Waals surface area contributed by atoms with Gasteiger partial charge in [0.25, 0.3) is 0 Å². The first-order valence-corrected chi connectivity index (χ1v) is 15.4. The van der Waals surface area contributed by atoms with Crippen LogP contribution >= 0.6 is 22.9 Å². The van der Waals surface area contributed by atoms with Crippen LogP contribution in [0.2, 0.25) is 5.02 Å². The number of hydrogen-bond acceptors (Lipinski definition) is 6. The monoisotopic (exact) mass is 595 g/mol. The van der Waals surface area contributed by atoms with Crippen LogP contribution in [0.5, 0.6) is 0 Å². The Labute approximate surface area is 256 Å². The Balaban J connectivity index is 1.51. The molecule has 0 radical (unpaired) electrons. The second kappa shape index (κ2) is 10.9. The molecule has 214 valence electrons. The molecule has 1 aliphatic heterocycles. The molecular formula is C35H34ClN3O2S. The molecule has 3 aromatic carbocycles. The Morgan fingerprint density at radius 2 is 1.76 bits per heavy atom. The highest BCUT2D eigenvalue weighted by Gasteiger charge is 2.30. The SMILES string of the molecule is CC(=O)[C@@H](OC(C)(C)C)c1c(C)cc2nc(-c3ccnc(-c4ccc5c(c4)CCN5C)c3)sc2c1-c1ccc(Cl)cc1. The van der Waals surface area contributed by atoms with Crippen molar-refractivity contribution >= 4 is 44.6 Å². The van der Waals surface area contributed by atoms with Crippen molar-refractivity contribution in [3.63, 3.8) is 0 Å². The lowest BCUT2D eigenvalue weighted by Gasteiger charge is -2.29. The molecule has 5 nitrogen and oxygen atoms in total. The predicted octanol–water partition coefficient (Wildman–Crippen LogP) is 9.09. The fourth-order valence-corrected chi connectivity index (χ4v) is 6.97. The highest BCUT2D eigenvalue weighted by atomic mass is 35.5. The molecule has 0 aliphatic carbocycles. The Morgan fingerprint density at radius 3 is 2.48 bits per heavy atom. The first kappa shape index (κ1) is 28.5. The molecule has 2 aromatic heterocycles. The number of fused-ring (bicyclic) bond motifs is 2. The molecule has 1 aliphatic rings. The Morgan fingerprint density at radius 1 is 1.02 bits per heavy atom. The van der Waals surface area contributed by atoms with Gasteiger partial charge in [-0.25, -0.2) is 4.98 Å². The van der Waals surface area contributed by atoms with E-state index in [2.05, 4.69) is 42.3 Å². The number of halogens is 1. The molecule has 1 atom stereocenters. The number of Topliss-reactive ketones (excluding diaryl/α,β-unsaturated/α-hetero) is 1. The molecule has 0 spiro atoms. The van der Waals surface area contributed by atoms with Gasteiger partial charge >= 0.3 is 0 Å². The summed E-state index contributed by atoms with van der Waals surface area (Å²) in [5, 5.41) is 1.56. The standard InChI is InChI=1S/C35H34ClN3O2S/c1-20-17-28-33(31(22-7-10-26(36)11-8-22)30(20)32(21(2)40)41-35(3,4)5)42-34(38-28)25-13-15-37-27(19-25)23-9-12-29-24(18-23)14-16-39(29)6/h7-13,15,17-19,32H,14,16H2,1-6H3/t32-/m1/s1. The maximum Gasteiger partial charge on any atom is 0.163 e. The molecule has 0 bridgehead atoms. The van der Waals surface area contributed by atoms with E-state index in [1.807, 2.05) is 64.2 Å². The number of aromatic nitrogens is 2. The lowest BCUT2D eigenvalue weighted by atomic mass is 9.90. The lowest BCUT2D eigenvalue weighted by molar-refractivity contribution is -0.138. The largest absolute Gasteiger partial charge is 0.374 e. The number of ether oxygens (including phenoxy) is 1. The van der Waals surface area contributed by atoms with E-state index in [9.17, 15) is 4.79 Å². The summed E-state index contributed by atoms with van der Waals surface area (Å²) < 4.78 is 7.40. The van der Waals surface area contributed by atoms with Crippen LogP contribution in [0.4, 0.5) is 5.69 Å². The number of nitrogens with zero attached hydrogens (tertiary/aromatic N) is 3. The maximum absolute atomic E-state index is 13.1. The zero-order chi connectivity index (χ0) is 29.8. The first-order chi connectivity index (χ1) is 20.0. The number of carbonyl (C=O) groups excluding carboxylic acids is 1. The zero-order valence-electron chi connectivity index (χ0n) is 24.8. The van der Waals surface area contributed by atoms with Crippen molar-refractivity contribution in [3.05, 3.63) is 88.6 Å². The number of aryl methyl sites for hydroxylation is 1. The van der Waals surface area contributed by atoms with Crippen LogP contribution < -0.4 is 4.90 Å². The van der Waals surface area contributed by atoms with Crippen molar-refractivity contribution in [3.8, 4) is 33.0 Å². The summed E-state index contributed by atoms with van der Waals surface area (Å²) in [7, 11) is 2.14. The molecule has 0 fully saturated rings. The van der Waals surface area contributed by atoms with Crippen LogP contribution in [-0.4, -0.2) is 34.9 Å². The van der Waals surface area contributed by atoms with Gasteiger partial charge in [-0.15, -0.1) is 11.3 Å². The summed E-state index contributed by atoms with van der Waals surface area (Å²) >= 11 is 7.90. The Hall–Kier alpha value is -3.58. The third kappa shape index (κ3) is 5.47. The van der Waals surface area contributed by atoms with Crippen LogP contribution in [0.25, 0.3) is 43.2 Å². The van der Waals surface area contributed by atoms with Gasteiger partial charge in [-0.1, -0.05) is 29.8 Å². The molecular weight excluding hydrogens is 562 g/mol. The fraction of sp³-hybridized carbons (Fsp3) is 0.286. The number of rotatable bonds is 6. The van der Waals surface area contributed by atoms with E-state index in [1.165, 1.54) is 11.3 Å². The number of carbonyl (C=O) groups is 1. The minimum Gasteiger partial charge on any atom is -0.374 e. The summed E-state index contributed by atoms with van der Waals surface area (Å²) in [5.41, 5.74) is 9.85. The molecule has 6 rings (SSSR count). The molecule has 0 saturated heterocycles. The number of pyridine rings is 1. The highest BCUT2D eigenvalue weighted by Crippen LogP contribution is 2.45. The number of anilines is 1. The second-order valence-electron chi connectivity index (χ2n) is 12.0. The second-order valence-corrected chi connectivity index (χ2v) is 13.5. The number of likely N-dealkylation sites (N-methyl/N-ethyl adjacent to an activating group) is 1. The van der Waals surface area contributed by atoms with Gasteiger partial charge in [0.15, 0.2) is 5.78 Å². The van der Waals surface area contributed by atoms with E-state index in [-0.39, 0.29) is 5.78 Å². The minimum absolute atomic E-state index is 0.0355. The average molecular weight is 596 g/mol. The number of benzene rings is 3. The lowest BCUT2D eigenvalue weighted by Crippen LogP contribution is -2.27. The summed E-state index contributed by atoms with van der Waals surface area (Å²) in [6.07, 6.45) is 2.19. The number of hydrogen-bond donors (Lipinski definition) is 0. The van der Waals surface area contributed by atoms with Gasteiger partial charge in [0.05, 0.1) is 21.5 Å². The van der Waals surface area contributed by atoms with Gasteiger partial charge in [-0.3, -0.25) is 9.78 Å². The molecule has 5 aromatic rings. The van der Waals surface area contributed by atoms with Crippen LogP contribution in [0.1, 0.15) is 50.5 Å². The normalized spacial score (nSPS) is 13.9. The van der Waals surface area contributed by atoms with Crippen LogP contribution in [0.15, 0.2) is 66.9 Å². The van der Waals surface area contributed by atoms with Crippen molar-refractivity contribution in [1.29, 1.82) is 0 Å².